The van der Waals surface area contributed by atoms with Gasteiger partial charge >= 0.3 is 0 Å². The van der Waals surface area contributed by atoms with Gasteiger partial charge in [0.1, 0.15) is 0 Å². The molecule has 1 N–H and O–H groups in total. The van der Waals surface area contributed by atoms with E-state index >= 15 is 0 Å². The lowest BCUT2D eigenvalue weighted by atomic mass is 9.85. The average molecular weight is 353 g/mol. The van der Waals surface area contributed by atoms with Crippen LogP contribution in [-0.2, 0) is 10.0 Å². The molecule has 1 aliphatic rings. The first-order valence-electron chi connectivity index (χ1n) is 8.51. The molecule has 0 radical (unpaired) electrons. The molecular formula is C18H28N2O3S. The van der Waals surface area contributed by atoms with Crippen LogP contribution in [0.25, 0.3) is 0 Å². The van der Waals surface area contributed by atoms with Gasteiger partial charge in [-0.05, 0) is 62.9 Å². The van der Waals surface area contributed by atoms with Gasteiger partial charge in [0.05, 0.1) is 4.90 Å². The van der Waals surface area contributed by atoms with Crippen LogP contribution in [0.4, 0.5) is 0 Å². The number of carbonyl (C=O) groups excluding carboxylic acids is 1. The number of benzene rings is 1. The molecule has 0 aliphatic heterocycles. The molecule has 1 aromatic carbocycles. The van der Waals surface area contributed by atoms with Crippen molar-refractivity contribution in [2.75, 3.05) is 14.1 Å². The maximum atomic E-state index is 12.9. The maximum absolute atomic E-state index is 12.9. The smallest absolute Gasteiger partial charge is 0.253 e. The Morgan fingerprint density at radius 2 is 1.83 bits per heavy atom. The molecule has 24 heavy (non-hydrogen) atoms. The summed E-state index contributed by atoms with van der Waals surface area (Å²) in [5, 5.41) is 0. The molecule has 0 aromatic heterocycles. The van der Waals surface area contributed by atoms with E-state index < -0.39 is 10.0 Å². The van der Waals surface area contributed by atoms with Crippen LogP contribution >= 0.6 is 0 Å². The lowest BCUT2D eigenvalue weighted by Gasteiger charge is -2.36. The highest BCUT2D eigenvalue weighted by atomic mass is 32.2. The summed E-state index contributed by atoms with van der Waals surface area (Å²) in [6, 6.07) is 3.51. The highest BCUT2D eigenvalue weighted by Gasteiger charge is 2.29. The molecule has 0 bridgehead atoms. The molecule has 0 saturated heterocycles. The molecule has 2 atom stereocenters. The Kier molecular flexibility index (Phi) is 5.71. The standard InChI is InChI=1S/C18H28N2O3S/c1-12-8-6-7-9-16(12)20(5)18(21)15-10-13(2)14(3)17(11-15)24(22,23)19-4/h10-12,16,19H,6-9H2,1-5H3. The van der Waals surface area contributed by atoms with Crippen LogP contribution in [0.1, 0.15) is 54.1 Å². The number of amides is 1. The van der Waals surface area contributed by atoms with Gasteiger partial charge in [-0.2, -0.15) is 0 Å². The molecule has 1 saturated carbocycles. The minimum Gasteiger partial charge on any atom is -0.338 e. The van der Waals surface area contributed by atoms with Gasteiger partial charge in [-0.3, -0.25) is 4.79 Å². The summed E-state index contributed by atoms with van der Waals surface area (Å²) >= 11 is 0. The summed E-state index contributed by atoms with van der Waals surface area (Å²) in [6.45, 7) is 5.79. The summed E-state index contributed by atoms with van der Waals surface area (Å²) in [5.41, 5.74) is 1.92. The maximum Gasteiger partial charge on any atom is 0.253 e. The number of aryl methyl sites for hydroxylation is 1. The second-order valence-corrected chi connectivity index (χ2v) is 8.72. The summed E-state index contributed by atoms with van der Waals surface area (Å²) in [6.07, 6.45) is 4.50. The zero-order valence-electron chi connectivity index (χ0n) is 15.2. The molecule has 2 rings (SSSR count). The first-order valence-corrected chi connectivity index (χ1v) is 9.99. The fourth-order valence-electron chi connectivity index (χ4n) is 3.57. The van der Waals surface area contributed by atoms with Gasteiger partial charge in [0.2, 0.25) is 10.0 Å². The van der Waals surface area contributed by atoms with Crippen molar-refractivity contribution < 1.29 is 13.2 Å². The average Bonchev–Trinajstić information content (AvgIpc) is 2.56. The normalized spacial score (nSPS) is 21.5. The quantitative estimate of drug-likeness (QED) is 0.906. The number of carbonyl (C=O) groups is 1. The van der Waals surface area contributed by atoms with E-state index in [0.717, 1.165) is 24.8 Å². The fourth-order valence-corrected chi connectivity index (χ4v) is 4.63. The monoisotopic (exact) mass is 352 g/mol. The SMILES string of the molecule is CNS(=O)(=O)c1cc(C(=O)N(C)C2CCCCC2C)cc(C)c1C. The molecule has 0 heterocycles. The van der Waals surface area contributed by atoms with E-state index in [4.69, 9.17) is 0 Å². The second kappa shape index (κ2) is 7.23. The second-order valence-electron chi connectivity index (χ2n) is 6.87. The summed E-state index contributed by atoms with van der Waals surface area (Å²) in [7, 11) is -0.376. The van der Waals surface area contributed by atoms with Gasteiger partial charge in [0.15, 0.2) is 0 Å². The molecule has 1 aliphatic carbocycles. The number of nitrogens with zero attached hydrogens (tertiary/aromatic N) is 1. The number of nitrogens with one attached hydrogen (secondary N) is 1. The minimum atomic E-state index is -3.59. The first kappa shape index (κ1) is 18.9. The van der Waals surface area contributed by atoms with Gasteiger partial charge in [-0.15, -0.1) is 0 Å². The van der Waals surface area contributed by atoms with Crippen LogP contribution < -0.4 is 4.72 Å². The van der Waals surface area contributed by atoms with E-state index in [2.05, 4.69) is 11.6 Å². The zero-order valence-corrected chi connectivity index (χ0v) is 16.0. The zero-order chi connectivity index (χ0) is 18.1. The van der Waals surface area contributed by atoms with Gasteiger partial charge in [-0.25, -0.2) is 13.1 Å². The van der Waals surface area contributed by atoms with Gasteiger partial charge in [0, 0.05) is 18.7 Å². The fraction of sp³-hybridized carbons (Fsp3) is 0.611. The third kappa shape index (κ3) is 3.64. The van der Waals surface area contributed by atoms with Crippen LogP contribution in [0.15, 0.2) is 17.0 Å². The predicted octanol–water partition coefficient (Wildman–Crippen LogP) is 2.86. The Morgan fingerprint density at radius 3 is 2.42 bits per heavy atom. The van der Waals surface area contributed by atoms with Crippen molar-refractivity contribution in [2.45, 2.75) is 57.4 Å². The summed E-state index contributed by atoms with van der Waals surface area (Å²) < 4.78 is 26.8. The largest absolute Gasteiger partial charge is 0.338 e. The predicted molar refractivity (Wildman–Crippen MR) is 95.7 cm³/mol. The number of hydrogen-bond donors (Lipinski definition) is 1. The van der Waals surface area contributed by atoms with Crippen LogP contribution in [-0.4, -0.2) is 39.4 Å². The van der Waals surface area contributed by atoms with E-state index in [1.807, 2.05) is 14.0 Å². The third-order valence-electron chi connectivity index (χ3n) is 5.31. The molecular weight excluding hydrogens is 324 g/mol. The van der Waals surface area contributed by atoms with Crippen molar-refractivity contribution in [1.82, 2.24) is 9.62 Å². The number of rotatable bonds is 4. The van der Waals surface area contributed by atoms with Crippen LogP contribution in [0.5, 0.6) is 0 Å². The Labute approximate surface area is 145 Å². The summed E-state index contributed by atoms with van der Waals surface area (Å²) in [4.78, 5) is 14.9. The lowest BCUT2D eigenvalue weighted by molar-refractivity contribution is 0.0628. The molecule has 134 valence electrons. The Balaban J connectivity index is 2.39. The van der Waals surface area contributed by atoms with Gasteiger partial charge < -0.3 is 4.90 Å². The van der Waals surface area contributed by atoms with Crippen LogP contribution in [0.3, 0.4) is 0 Å². The van der Waals surface area contributed by atoms with Crippen molar-refractivity contribution in [3.8, 4) is 0 Å². The van der Waals surface area contributed by atoms with Gasteiger partial charge in [0.25, 0.3) is 5.91 Å². The van der Waals surface area contributed by atoms with Crippen molar-refractivity contribution >= 4 is 15.9 Å². The molecule has 1 amide bonds. The number of sulfonamides is 1. The van der Waals surface area contributed by atoms with Crippen LogP contribution in [0, 0.1) is 19.8 Å². The molecule has 1 fully saturated rings. The van der Waals surface area contributed by atoms with E-state index in [0.29, 0.717) is 17.0 Å². The highest BCUT2D eigenvalue weighted by Crippen LogP contribution is 2.29. The van der Waals surface area contributed by atoms with Crippen molar-refractivity contribution in [3.05, 3.63) is 28.8 Å². The highest BCUT2D eigenvalue weighted by molar-refractivity contribution is 7.89. The van der Waals surface area contributed by atoms with Crippen molar-refractivity contribution in [1.29, 1.82) is 0 Å². The molecule has 1 aromatic rings. The minimum absolute atomic E-state index is 0.107. The molecule has 0 spiro atoms. The van der Waals surface area contributed by atoms with Crippen molar-refractivity contribution in [3.63, 3.8) is 0 Å². The van der Waals surface area contributed by atoms with Gasteiger partial charge in [-0.1, -0.05) is 19.8 Å². The van der Waals surface area contributed by atoms with E-state index in [-0.39, 0.29) is 16.8 Å². The molecule has 5 nitrogen and oxygen atoms in total. The molecule has 2 unspecified atom stereocenters. The lowest BCUT2D eigenvalue weighted by Crippen LogP contribution is -2.42. The number of hydrogen-bond acceptors (Lipinski definition) is 3. The van der Waals surface area contributed by atoms with E-state index in [1.54, 1.807) is 17.9 Å². The Bertz CT molecular complexity index is 728. The van der Waals surface area contributed by atoms with Crippen molar-refractivity contribution in [2.24, 2.45) is 5.92 Å². The Morgan fingerprint density at radius 1 is 1.21 bits per heavy atom. The topological polar surface area (TPSA) is 66.5 Å². The third-order valence-corrected chi connectivity index (χ3v) is 6.85. The molecule has 6 heteroatoms. The van der Waals surface area contributed by atoms with Crippen LogP contribution in [0.2, 0.25) is 0 Å². The first-order chi connectivity index (χ1) is 11.2. The summed E-state index contributed by atoms with van der Waals surface area (Å²) in [5.74, 6) is 0.365. The van der Waals surface area contributed by atoms with E-state index in [9.17, 15) is 13.2 Å². The van der Waals surface area contributed by atoms with E-state index in [1.165, 1.54) is 19.5 Å². The Hall–Kier alpha value is -1.40.